The zero-order valence-corrected chi connectivity index (χ0v) is 13.3. The molecule has 0 aromatic heterocycles. The first-order valence-corrected chi connectivity index (χ1v) is 7.83. The van der Waals surface area contributed by atoms with Gasteiger partial charge in [-0.3, -0.25) is 4.79 Å². The molecule has 0 aliphatic heterocycles. The lowest BCUT2D eigenvalue weighted by atomic mass is 10.1. The molecular formula is C16H22BrNO. The molecule has 1 saturated carbocycles. The molecule has 1 aliphatic carbocycles. The Morgan fingerprint density at radius 3 is 2.58 bits per heavy atom. The van der Waals surface area contributed by atoms with Crippen LogP contribution in [-0.4, -0.2) is 30.8 Å². The van der Waals surface area contributed by atoms with Crippen LogP contribution in [0.15, 0.2) is 28.7 Å². The standard InChI is InChI=1S/C16H22BrNO/c1-12-10-14(12)11-18(2)9-3-4-16(19)13-5-7-15(17)8-6-13/h5-8,12,14H,3-4,9-11H2,1-2H3. The normalized spacial score (nSPS) is 21.7. The van der Waals surface area contributed by atoms with E-state index in [-0.39, 0.29) is 5.78 Å². The molecule has 0 bridgehead atoms. The summed E-state index contributed by atoms with van der Waals surface area (Å²) >= 11 is 3.38. The van der Waals surface area contributed by atoms with Gasteiger partial charge in [-0.2, -0.15) is 0 Å². The van der Waals surface area contributed by atoms with Gasteiger partial charge in [0.2, 0.25) is 0 Å². The summed E-state index contributed by atoms with van der Waals surface area (Å²) in [5.41, 5.74) is 0.821. The van der Waals surface area contributed by atoms with Crippen LogP contribution in [0, 0.1) is 11.8 Å². The Hall–Kier alpha value is -0.670. The largest absolute Gasteiger partial charge is 0.306 e. The predicted octanol–water partition coefficient (Wildman–Crippen LogP) is 4.00. The maximum Gasteiger partial charge on any atom is 0.162 e. The van der Waals surface area contributed by atoms with Crippen molar-refractivity contribution < 1.29 is 4.79 Å². The number of halogens is 1. The van der Waals surface area contributed by atoms with Crippen LogP contribution in [-0.2, 0) is 0 Å². The second-order valence-electron chi connectivity index (χ2n) is 5.77. The smallest absolute Gasteiger partial charge is 0.162 e. The van der Waals surface area contributed by atoms with Crippen LogP contribution < -0.4 is 0 Å². The molecule has 104 valence electrons. The third-order valence-corrected chi connectivity index (χ3v) is 4.46. The Bertz CT molecular complexity index is 429. The number of nitrogens with zero attached hydrogens (tertiary/aromatic N) is 1. The number of carbonyl (C=O) groups excluding carboxylic acids is 1. The SMILES string of the molecule is CC1CC1CN(C)CCCC(=O)c1ccc(Br)cc1. The summed E-state index contributed by atoms with van der Waals surface area (Å²) in [5.74, 6) is 2.06. The summed E-state index contributed by atoms with van der Waals surface area (Å²) in [4.78, 5) is 14.4. The lowest BCUT2D eigenvalue weighted by molar-refractivity contribution is 0.0976. The van der Waals surface area contributed by atoms with Gasteiger partial charge >= 0.3 is 0 Å². The van der Waals surface area contributed by atoms with Crippen molar-refractivity contribution in [3.05, 3.63) is 34.3 Å². The topological polar surface area (TPSA) is 20.3 Å². The summed E-state index contributed by atoms with van der Waals surface area (Å²) in [5, 5.41) is 0. The minimum absolute atomic E-state index is 0.251. The first kappa shape index (κ1) is 14.7. The van der Waals surface area contributed by atoms with Crippen molar-refractivity contribution in [3.8, 4) is 0 Å². The van der Waals surface area contributed by atoms with E-state index in [0.717, 1.165) is 34.8 Å². The van der Waals surface area contributed by atoms with Crippen LogP contribution >= 0.6 is 15.9 Å². The fourth-order valence-electron chi connectivity index (χ4n) is 2.43. The first-order valence-electron chi connectivity index (χ1n) is 7.03. The summed E-state index contributed by atoms with van der Waals surface area (Å²) < 4.78 is 1.02. The van der Waals surface area contributed by atoms with Crippen LogP contribution in [0.4, 0.5) is 0 Å². The summed E-state index contributed by atoms with van der Waals surface area (Å²) in [7, 11) is 2.16. The van der Waals surface area contributed by atoms with E-state index >= 15 is 0 Å². The van der Waals surface area contributed by atoms with E-state index in [0.29, 0.717) is 6.42 Å². The Morgan fingerprint density at radius 2 is 2.00 bits per heavy atom. The van der Waals surface area contributed by atoms with E-state index in [2.05, 4.69) is 34.8 Å². The molecular weight excluding hydrogens is 302 g/mol. The van der Waals surface area contributed by atoms with E-state index in [9.17, 15) is 4.79 Å². The number of hydrogen-bond acceptors (Lipinski definition) is 2. The maximum atomic E-state index is 12.0. The molecule has 2 rings (SSSR count). The number of hydrogen-bond donors (Lipinski definition) is 0. The Balaban J connectivity index is 1.67. The van der Waals surface area contributed by atoms with Gasteiger partial charge in [0, 0.05) is 23.0 Å². The Kier molecular flexibility index (Phi) is 5.17. The number of benzene rings is 1. The monoisotopic (exact) mass is 323 g/mol. The van der Waals surface area contributed by atoms with Gasteiger partial charge in [0.05, 0.1) is 0 Å². The molecule has 3 heteroatoms. The fourth-order valence-corrected chi connectivity index (χ4v) is 2.70. The number of ketones is 1. The van der Waals surface area contributed by atoms with Gasteiger partial charge in [0.1, 0.15) is 0 Å². The number of Topliss-reactive ketones (excluding diaryl/α,β-unsaturated/α-hetero) is 1. The molecule has 1 aliphatic rings. The highest BCUT2D eigenvalue weighted by Gasteiger charge is 2.32. The molecule has 0 spiro atoms. The number of rotatable bonds is 7. The van der Waals surface area contributed by atoms with Crippen molar-refractivity contribution in [2.45, 2.75) is 26.2 Å². The van der Waals surface area contributed by atoms with Gasteiger partial charge < -0.3 is 4.90 Å². The van der Waals surface area contributed by atoms with E-state index in [4.69, 9.17) is 0 Å². The molecule has 2 atom stereocenters. The average molecular weight is 324 g/mol. The quantitative estimate of drug-likeness (QED) is 0.707. The van der Waals surface area contributed by atoms with Crippen LogP contribution in [0.5, 0.6) is 0 Å². The van der Waals surface area contributed by atoms with E-state index in [1.54, 1.807) is 0 Å². The van der Waals surface area contributed by atoms with Gasteiger partial charge in [-0.15, -0.1) is 0 Å². The van der Waals surface area contributed by atoms with Crippen LogP contribution in [0.25, 0.3) is 0 Å². The molecule has 19 heavy (non-hydrogen) atoms. The third-order valence-electron chi connectivity index (χ3n) is 3.93. The van der Waals surface area contributed by atoms with E-state index < -0.39 is 0 Å². The van der Waals surface area contributed by atoms with Crippen LogP contribution in [0.3, 0.4) is 0 Å². The minimum atomic E-state index is 0.251. The summed E-state index contributed by atoms with van der Waals surface area (Å²) in [6.45, 7) is 4.52. The molecule has 0 radical (unpaired) electrons. The Labute approximate surface area is 124 Å². The van der Waals surface area contributed by atoms with Crippen molar-refractivity contribution in [1.82, 2.24) is 4.90 Å². The van der Waals surface area contributed by atoms with Gasteiger partial charge in [0.15, 0.2) is 5.78 Å². The number of carbonyl (C=O) groups is 1. The molecule has 0 N–H and O–H groups in total. The van der Waals surface area contributed by atoms with Gasteiger partial charge in [-0.1, -0.05) is 35.0 Å². The molecule has 0 heterocycles. The maximum absolute atomic E-state index is 12.0. The third kappa shape index (κ3) is 4.73. The summed E-state index contributed by atoms with van der Waals surface area (Å²) in [6, 6.07) is 7.63. The zero-order valence-electron chi connectivity index (χ0n) is 11.7. The zero-order chi connectivity index (χ0) is 13.8. The van der Waals surface area contributed by atoms with Gasteiger partial charge in [0.25, 0.3) is 0 Å². The second kappa shape index (κ2) is 6.67. The van der Waals surface area contributed by atoms with Crippen LogP contribution in [0.2, 0.25) is 0 Å². The van der Waals surface area contributed by atoms with Gasteiger partial charge in [-0.25, -0.2) is 0 Å². The molecule has 1 fully saturated rings. The molecule has 2 nitrogen and oxygen atoms in total. The van der Waals surface area contributed by atoms with E-state index in [1.165, 1.54) is 13.0 Å². The van der Waals surface area contributed by atoms with Crippen molar-refractivity contribution in [2.75, 3.05) is 20.1 Å². The molecule has 0 amide bonds. The fraction of sp³-hybridized carbons (Fsp3) is 0.562. The highest BCUT2D eigenvalue weighted by molar-refractivity contribution is 9.10. The van der Waals surface area contributed by atoms with Crippen molar-refractivity contribution in [3.63, 3.8) is 0 Å². The van der Waals surface area contributed by atoms with Crippen molar-refractivity contribution >= 4 is 21.7 Å². The highest BCUT2D eigenvalue weighted by Crippen LogP contribution is 2.37. The average Bonchev–Trinajstić information content (AvgIpc) is 3.05. The molecule has 1 aromatic carbocycles. The predicted molar refractivity (Wildman–Crippen MR) is 82.5 cm³/mol. The molecule has 2 unspecified atom stereocenters. The summed E-state index contributed by atoms with van der Waals surface area (Å²) in [6.07, 6.45) is 2.97. The molecule has 1 aromatic rings. The van der Waals surface area contributed by atoms with Crippen molar-refractivity contribution in [2.24, 2.45) is 11.8 Å². The molecule has 0 saturated heterocycles. The van der Waals surface area contributed by atoms with Crippen molar-refractivity contribution in [1.29, 1.82) is 0 Å². The lowest BCUT2D eigenvalue weighted by Gasteiger charge is -2.15. The lowest BCUT2D eigenvalue weighted by Crippen LogP contribution is -2.23. The highest BCUT2D eigenvalue weighted by atomic mass is 79.9. The van der Waals surface area contributed by atoms with Crippen LogP contribution in [0.1, 0.15) is 36.5 Å². The first-order chi connectivity index (χ1) is 9.06. The minimum Gasteiger partial charge on any atom is -0.306 e. The second-order valence-corrected chi connectivity index (χ2v) is 6.68. The van der Waals surface area contributed by atoms with E-state index in [1.807, 2.05) is 24.3 Å². The Morgan fingerprint density at radius 1 is 1.37 bits per heavy atom. The van der Waals surface area contributed by atoms with Gasteiger partial charge in [-0.05, 0) is 50.4 Å².